The van der Waals surface area contributed by atoms with Gasteiger partial charge in [-0.3, -0.25) is 0 Å². The fourth-order valence-corrected chi connectivity index (χ4v) is 4.85. The Kier molecular flexibility index (Phi) is 5.93. The van der Waals surface area contributed by atoms with Crippen LogP contribution in [-0.2, 0) is 6.54 Å². The second kappa shape index (κ2) is 9.03. The van der Waals surface area contributed by atoms with Crippen LogP contribution in [0.1, 0.15) is 44.7 Å². The van der Waals surface area contributed by atoms with Crippen molar-refractivity contribution in [3.63, 3.8) is 0 Å². The Bertz CT molecular complexity index is 1240. The molecule has 0 spiro atoms. The van der Waals surface area contributed by atoms with Crippen molar-refractivity contribution in [2.24, 2.45) is 0 Å². The number of nitrogens with zero attached hydrogens (tertiary/aromatic N) is 3. The van der Waals surface area contributed by atoms with Crippen LogP contribution < -0.4 is 25.0 Å². The monoisotopic (exact) mass is 457 g/mol. The van der Waals surface area contributed by atoms with E-state index in [1.807, 2.05) is 36.4 Å². The van der Waals surface area contributed by atoms with E-state index in [2.05, 4.69) is 48.4 Å². The van der Waals surface area contributed by atoms with Crippen LogP contribution in [0.15, 0.2) is 42.5 Å². The predicted molar refractivity (Wildman–Crippen MR) is 134 cm³/mol. The molecule has 7 nitrogen and oxygen atoms in total. The maximum atomic E-state index is 10.2. The van der Waals surface area contributed by atoms with Gasteiger partial charge >= 0.3 is 0 Å². The quantitative estimate of drug-likeness (QED) is 0.569. The number of para-hydroxylation sites is 1. The lowest BCUT2D eigenvalue weighted by molar-refractivity contribution is 0.174. The van der Waals surface area contributed by atoms with Gasteiger partial charge in [0, 0.05) is 36.6 Å². The maximum Gasteiger partial charge on any atom is 0.231 e. The van der Waals surface area contributed by atoms with Gasteiger partial charge in [0.15, 0.2) is 11.5 Å². The number of aromatic nitrogens is 1. The average Bonchev–Trinajstić information content (AvgIpc) is 3.29. The van der Waals surface area contributed by atoms with Crippen molar-refractivity contribution in [1.82, 2.24) is 10.3 Å². The molecule has 34 heavy (non-hydrogen) atoms. The Hall–Kier alpha value is -3.50. The lowest BCUT2D eigenvalue weighted by Gasteiger charge is -2.38. The Balaban J connectivity index is 1.43. The molecule has 176 valence electrons. The third-order valence-electron chi connectivity index (χ3n) is 6.32. The summed E-state index contributed by atoms with van der Waals surface area (Å²) in [7, 11) is 0. The summed E-state index contributed by atoms with van der Waals surface area (Å²) < 4.78 is 10.9. The molecule has 3 heterocycles. The number of rotatable bonds is 5. The van der Waals surface area contributed by atoms with Gasteiger partial charge in [-0.25, -0.2) is 4.98 Å². The first-order valence-corrected chi connectivity index (χ1v) is 11.9. The second-order valence-electron chi connectivity index (χ2n) is 10.0. The van der Waals surface area contributed by atoms with Crippen LogP contribution in [0.25, 0.3) is 10.9 Å². The number of pyridine rings is 1. The van der Waals surface area contributed by atoms with E-state index in [9.17, 15) is 5.26 Å². The molecule has 2 aliphatic heterocycles. The second-order valence-corrected chi connectivity index (χ2v) is 10.0. The molecule has 0 aliphatic carbocycles. The number of hydrogen-bond acceptors (Lipinski definition) is 7. The highest BCUT2D eigenvalue weighted by Crippen LogP contribution is 2.36. The average molecular weight is 458 g/mol. The molecule has 0 atom stereocenters. The molecular weight excluding hydrogens is 426 g/mol. The molecule has 1 aromatic heterocycles. The Morgan fingerprint density at radius 3 is 2.62 bits per heavy atom. The summed E-state index contributed by atoms with van der Waals surface area (Å²) in [5.41, 5.74) is 3.61. The molecule has 5 rings (SSSR count). The lowest BCUT2D eigenvalue weighted by Crippen LogP contribution is -2.49. The minimum absolute atomic E-state index is 0.0971. The molecule has 2 aliphatic rings. The minimum Gasteiger partial charge on any atom is -0.454 e. The molecule has 3 aromatic rings. The van der Waals surface area contributed by atoms with Crippen molar-refractivity contribution < 1.29 is 9.47 Å². The Morgan fingerprint density at radius 2 is 1.85 bits per heavy atom. The Labute approximate surface area is 200 Å². The number of nitriles is 1. The van der Waals surface area contributed by atoms with Crippen molar-refractivity contribution in [3.8, 4) is 17.6 Å². The summed E-state index contributed by atoms with van der Waals surface area (Å²) in [6, 6.07) is 16.9. The number of benzene rings is 2. The van der Waals surface area contributed by atoms with Crippen LogP contribution in [0, 0.1) is 11.3 Å². The highest BCUT2D eigenvalue weighted by Gasteiger charge is 2.27. The number of fused-ring (bicyclic) bond motifs is 2. The van der Waals surface area contributed by atoms with E-state index in [0.29, 0.717) is 24.0 Å². The van der Waals surface area contributed by atoms with Crippen LogP contribution in [-0.4, -0.2) is 36.4 Å². The number of ether oxygens (including phenoxy) is 2. The van der Waals surface area contributed by atoms with Crippen LogP contribution >= 0.6 is 0 Å². The van der Waals surface area contributed by atoms with E-state index in [4.69, 9.17) is 14.5 Å². The Morgan fingerprint density at radius 1 is 1.09 bits per heavy atom. The predicted octanol–water partition coefficient (Wildman–Crippen LogP) is 4.80. The van der Waals surface area contributed by atoms with Gasteiger partial charge in [0.2, 0.25) is 6.79 Å². The number of piperidine rings is 1. The van der Waals surface area contributed by atoms with Crippen LogP contribution in [0.2, 0.25) is 0 Å². The van der Waals surface area contributed by atoms with E-state index in [0.717, 1.165) is 59.6 Å². The fourth-order valence-electron chi connectivity index (χ4n) is 4.85. The summed E-state index contributed by atoms with van der Waals surface area (Å²) in [5.74, 6) is 2.12. The van der Waals surface area contributed by atoms with Gasteiger partial charge in [-0.05, 0) is 57.4 Å². The number of anilines is 2. The van der Waals surface area contributed by atoms with Crippen molar-refractivity contribution in [3.05, 3.63) is 53.6 Å². The normalized spacial score (nSPS) is 16.0. The molecule has 0 radical (unpaired) electrons. The van der Waals surface area contributed by atoms with Crippen LogP contribution in [0.4, 0.5) is 11.5 Å². The molecule has 1 fully saturated rings. The van der Waals surface area contributed by atoms with Gasteiger partial charge < -0.3 is 25.0 Å². The SMILES string of the molecule is CC(C)(C)NC1CCN(c2c(C#N)c(NCc3ccc4c(c3)OCO4)nc3ccccc23)CC1. The van der Waals surface area contributed by atoms with Gasteiger partial charge in [-0.15, -0.1) is 0 Å². The smallest absolute Gasteiger partial charge is 0.231 e. The molecular formula is C27H31N5O2. The molecule has 1 saturated heterocycles. The van der Waals surface area contributed by atoms with Crippen LogP contribution in [0.3, 0.4) is 0 Å². The minimum atomic E-state index is 0.0971. The standard InChI is InChI=1S/C27H31N5O2/c1-27(2,3)31-19-10-12-32(13-11-19)25-20-6-4-5-7-22(20)30-26(21(25)15-28)29-16-18-8-9-23-24(14-18)34-17-33-23/h4-9,14,19,31H,10-13,16-17H2,1-3H3,(H,29,30). The molecule has 7 heteroatoms. The summed E-state index contributed by atoms with van der Waals surface area (Å²) in [6.45, 7) is 9.22. The van der Waals surface area contributed by atoms with E-state index >= 15 is 0 Å². The van der Waals surface area contributed by atoms with E-state index in [-0.39, 0.29) is 12.3 Å². The summed E-state index contributed by atoms with van der Waals surface area (Å²) in [6.07, 6.45) is 2.08. The molecule has 2 N–H and O–H groups in total. The van der Waals surface area contributed by atoms with Crippen molar-refractivity contribution in [2.75, 3.05) is 30.1 Å². The highest BCUT2D eigenvalue weighted by atomic mass is 16.7. The molecule has 0 saturated carbocycles. The zero-order chi connectivity index (χ0) is 23.7. The highest BCUT2D eigenvalue weighted by molar-refractivity contribution is 5.97. The van der Waals surface area contributed by atoms with Gasteiger partial charge in [-0.1, -0.05) is 24.3 Å². The maximum absolute atomic E-state index is 10.2. The fraction of sp³-hybridized carbons (Fsp3) is 0.407. The van der Waals surface area contributed by atoms with Crippen molar-refractivity contribution in [2.45, 2.75) is 51.7 Å². The van der Waals surface area contributed by atoms with E-state index in [1.165, 1.54) is 0 Å². The summed E-state index contributed by atoms with van der Waals surface area (Å²) >= 11 is 0. The molecule has 0 unspecified atom stereocenters. The zero-order valence-electron chi connectivity index (χ0n) is 20.0. The zero-order valence-corrected chi connectivity index (χ0v) is 20.0. The molecule has 0 amide bonds. The van der Waals surface area contributed by atoms with E-state index in [1.54, 1.807) is 0 Å². The topological polar surface area (TPSA) is 82.4 Å². The summed E-state index contributed by atoms with van der Waals surface area (Å²) in [4.78, 5) is 7.18. The third kappa shape index (κ3) is 4.59. The first-order valence-electron chi connectivity index (χ1n) is 11.9. The number of hydrogen-bond donors (Lipinski definition) is 2. The first-order chi connectivity index (χ1) is 16.4. The summed E-state index contributed by atoms with van der Waals surface area (Å²) in [5, 5.41) is 18.4. The largest absolute Gasteiger partial charge is 0.454 e. The van der Waals surface area contributed by atoms with Gasteiger partial charge in [0.05, 0.1) is 11.2 Å². The lowest BCUT2D eigenvalue weighted by atomic mass is 9.98. The number of nitrogens with one attached hydrogen (secondary N) is 2. The van der Waals surface area contributed by atoms with Gasteiger partial charge in [-0.2, -0.15) is 5.26 Å². The van der Waals surface area contributed by atoms with E-state index < -0.39 is 0 Å². The molecule has 0 bridgehead atoms. The molecule has 2 aromatic carbocycles. The van der Waals surface area contributed by atoms with Gasteiger partial charge in [0.1, 0.15) is 17.5 Å². The van der Waals surface area contributed by atoms with Crippen molar-refractivity contribution >= 4 is 22.4 Å². The van der Waals surface area contributed by atoms with Gasteiger partial charge in [0.25, 0.3) is 0 Å². The first kappa shape index (κ1) is 22.3. The third-order valence-corrected chi connectivity index (χ3v) is 6.32. The van der Waals surface area contributed by atoms with Crippen LogP contribution in [0.5, 0.6) is 11.5 Å². The van der Waals surface area contributed by atoms with Crippen molar-refractivity contribution in [1.29, 1.82) is 5.26 Å².